The molecule has 2 aliphatic rings. The number of rotatable bonds is 8. The average molecular weight is 480 g/mol. The number of hydrogen-bond donors (Lipinski definition) is 2. The summed E-state index contributed by atoms with van der Waals surface area (Å²) in [4.78, 5) is 35.6. The molecule has 34 heavy (non-hydrogen) atoms. The van der Waals surface area contributed by atoms with Crippen molar-refractivity contribution in [2.45, 2.75) is 23.8 Å². The van der Waals surface area contributed by atoms with Gasteiger partial charge in [0.2, 0.25) is 11.8 Å². The van der Waals surface area contributed by atoms with Crippen molar-refractivity contribution in [3.8, 4) is 5.88 Å². The maximum absolute atomic E-state index is 12.4. The molecule has 0 unspecified atom stereocenters. The predicted molar refractivity (Wildman–Crippen MR) is 131 cm³/mol. The highest BCUT2D eigenvalue weighted by molar-refractivity contribution is 8.00. The van der Waals surface area contributed by atoms with Gasteiger partial charge in [0.05, 0.1) is 36.1 Å². The Morgan fingerprint density at radius 2 is 2.15 bits per heavy atom. The van der Waals surface area contributed by atoms with Gasteiger partial charge in [-0.2, -0.15) is 0 Å². The van der Waals surface area contributed by atoms with Crippen LogP contribution in [0, 0.1) is 0 Å². The minimum atomic E-state index is -0.358. The van der Waals surface area contributed by atoms with Gasteiger partial charge in [0.25, 0.3) is 0 Å². The molecular formula is C24H25N5O4S. The lowest BCUT2D eigenvalue weighted by atomic mass is 10.1. The number of thioether (sulfide) groups is 1. The Morgan fingerprint density at radius 1 is 1.24 bits per heavy atom. The highest BCUT2D eigenvalue weighted by atomic mass is 32.2. The van der Waals surface area contributed by atoms with E-state index in [9.17, 15) is 9.59 Å². The van der Waals surface area contributed by atoms with E-state index in [0.29, 0.717) is 24.6 Å². The van der Waals surface area contributed by atoms with Gasteiger partial charge < -0.3 is 20.1 Å². The summed E-state index contributed by atoms with van der Waals surface area (Å²) in [5.41, 5.74) is 4.27. The van der Waals surface area contributed by atoms with Gasteiger partial charge in [-0.1, -0.05) is 0 Å². The number of benzene rings is 1. The number of nitrogens with zero attached hydrogens (tertiary/aromatic N) is 3. The van der Waals surface area contributed by atoms with Crippen molar-refractivity contribution < 1.29 is 19.1 Å². The molecule has 2 aromatic heterocycles. The Morgan fingerprint density at radius 3 is 3.03 bits per heavy atom. The lowest BCUT2D eigenvalue weighted by Gasteiger charge is -2.20. The lowest BCUT2D eigenvalue weighted by molar-refractivity contribution is -0.113. The molecule has 10 heteroatoms. The third-order valence-corrected chi connectivity index (χ3v) is 6.92. The van der Waals surface area contributed by atoms with E-state index in [1.165, 1.54) is 11.8 Å². The number of amides is 2. The molecule has 3 aromatic rings. The third kappa shape index (κ3) is 4.78. The number of pyridine rings is 2. The highest BCUT2D eigenvalue weighted by Gasteiger charge is 2.32. The fourth-order valence-electron chi connectivity index (χ4n) is 4.11. The zero-order valence-corrected chi connectivity index (χ0v) is 19.6. The van der Waals surface area contributed by atoms with Gasteiger partial charge in [-0.3, -0.25) is 14.7 Å². The first-order valence-electron chi connectivity index (χ1n) is 11.1. The van der Waals surface area contributed by atoms with Gasteiger partial charge in [0.1, 0.15) is 6.10 Å². The van der Waals surface area contributed by atoms with Gasteiger partial charge >= 0.3 is 6.09 Å². The van der Waals surface area contributed by atoms with Crippen LogP contribution in [0.3, 0.4) is 0 Å². The first-order valence-corrected chi connectivity index (χ1v) is 12.1. The van der Waals surface area contributed by atoms with E-state index in [0.717, 1.165) is 52.4 Å². The van der Waals surface area contributed by atoms with Crippen molar-refractivity contribution in [1.29, 1.82) is 0 Å². The molecule has 1 saturated heterocycles. The quantitative estimate of drug-likeness (QED) is 0.475. The minimum absolute atomic E-state index is 0.0303. The molecule has 0 bridgehead atoms. The molecule has 2 aliphatic heterocycles. The number of hydrogen-bond acceptors (Lipinski definition) is 8. The first kappa shape index (κ1) is 22.4. The standard InChI is InChI=1S/C24H25N5O4S/c1-32-22-5-3-18-23(28-22)15(7-11-26-18)6-9-25-10-8-17-13-29(24(31)33-17)16-2-4-20-19(12-16)27-21(30)14-34-20/h2-5,7,11-12,17,25H,6,8-10,13-14H2,1H3,(H,27,30)/t17-/m1/s1. The van der Waals surface area contributed by atoms with E-state index in [1.54, 1.807) is 18.2 Å². The van der Waals surface area contributed by atoms with Crippen molar-refractivity contribution in [2.24, 2.45) is 0 Å². The van der Waals surface area contributed by atoms with Crippen molar-refractivity contribution in [3.05, 3.63) is 48.2 Å². The van der Waals surface area contributed by atoms with Crippen LogP contribution in [0.15, 0.2) is 47.5 Å². The summed E-state index contributed by atoms with van der Waals surface area (Å²) >= 11 is 1.50. The van der Waals surface area contributed by atoms with Crippen LogP contribution in [0.4, 0.5) is 16.2 Å². The lowest BCUT2D eigenvalue weighted by Crippen LogP contribution is -2.27. The molecule has 1 fully saturated rings. The molecular weight excluding hydrogens is 454 g/mol. The topological polar surface area (TPSA) is 106 Å². The highest BCUT2D eigenvalue weighted by Crippen LogP contribution is 2.35. The van der Waals surface area contributed by atoms with Crippen LogP contribution >= 0.6 is 11.8 Å². The Hall–Kier alpha value is -3.37. The number of aromatic nitrogens is 2. The summed E-state index contributed by atoms with van der Waals surface area (Å²) in [6.07, 6.45) is 2.76. The van der Waals surface area contributed by atoms with Crippen LogP contribution in [0.2, 0.25) is 0 Å². The molecule has 2 N–H and O–H groups in total. The van der Waals surface area contributed by atoms with Crippen LogP contribution in [0.5, 0.6) is 5.88 Å². The van der Waals surface area contributed by atoms with Crippen LogP contribution in [-0.2, 0) is 16.0 Å². The molecule has 0 spiro atoms. The summed E-state index contributed by atoms with van der Waals surface area (Å²) in [6, 6.07) is 11.4. The van der Waals surface area contributed by atoms with Gasteiger partial charge in [0, 0.05) is 22.8 Å². The number of carbonyl (C=O) groups is 2. The fourth-order valence-corrected chi connectivity index (χ4v) is 4.90. The molecule has 0 saturated carbocycles. The number of carbonyl (C=O) groups excluding carboxylic acids is 2. The third-order valence-electron chi connectivity index (χ3n) is 5.85. The van der Waals surface area contributed by atoms with E-state index in [4.69, 9.17) is 9.47 Å². The van der Waals surface area contributed by atoms with Gasteiger partial charge in [-0.15, -0.1) is 11.8 Å². The second-order valence-electron chi connectivity index (χ2n) is 8.11. The van der Waals surface area contributed by atoms with Crippen LogP contribution < -0.4 is 20.3 Å². The first-order chi connectivity index (χ1) is 16.6. The smallest absolute Gasteiger partial charge is 0.414 e. The Kier molecular flexibility index (Phi) is 6.50. The maximum Gasteiger partial charge on any atom is 0.414 e. The summed E-state index contributed by atoms with van der Waals surface area (Å²) in [6.45, 7) is 1.98. The number of anilines is 2. The van der Waals surface area contributed by atoms with Crippen molar-refractivity contribution in [1.82, 2.24) is 15.3 Å². The summed E-state index contributed by atoms with van der Waals surface area (Å²) in [5, 5.41) is 6.29. The molecule has 1 atom stereocenters. The number of nitrogens with one attached hydrogen (secondary N) is 2. The van der Waals surface area contributed by atoms with Crippen LogP contribution in [0.1, 0.15) is 12.0 Å². The van der Waals surface area contributed by atoms with Crippen molar-refractivity contribution in [2.75, 3.05) is 42.7 Å². The second kappa shape index (κ2) is 9.86. The molecule has 4 heterocycles. The molecule has 9 nitrogen and oxygen atoms in total. The zero-order valence-electron chi connectivity index (χ0n) is 18.7. The second-order valence-corrected chi connectivity index (χ2v) is 9.13. The largest absolute Gasteiger partial charge is 0.481 e. The minimum Gasteiger partial charge on any atom is -0.481 e. The zero-order chi connectivity index (χ0) is 23.5. The molecule has 176 valence electrons. The Balaban J connectivity index is 1.12. The summed E-state index contributed by atoms with van der Waals surface area (Å²) < 4.78 is 10.8. The molecule has 0 radical (unpaired) electrons. The Bertz CT molecular complexity index is 1240. The monoisotopic (exact) mass is 479 g/mol. The molecule has 0 aliphatic carbocycles. The van der Waals surface area contributed by atoms with E-state index in [2.05, 4.69) is 20.6 Å². The molecule has 5 rings (SSSR count). The predicted octanol–water partition coefficient (Wildman–Crippen LogP) is 3.23. The van der Waals surface area contributed by atoms with Crippen LogP contribution in [-0.4, -0.2) is 60.6 Å². The van der Waals surface area contributed by atoms with Crippen molar-refractivity contribution >= 4 is 46.2 Å². The van der Waals surface area contributed by atoms with E-state index in [1.807, 2.05) is 36.4 Å². The maximum atomic E-state index is 12.4. The normalized spacial score (nSPS) is 17.4. The SMILES string of the molecule is COc1ccc2nccc(CCNCC[C@@H]3CN(c4ccc5c(c4)NC(=O)CS5)C(=O)O3)c2n1. The van der Waals surface area contributed by atoms with Crippen LogP contribution in [0.25, 0.3) is 11.0 Å². The van der Waals surface area contributed by atoms with E-state index in [-0.39, 0.29) is 18.1 Å². The molecule has 2 amide bonds. The van der Waals surface area contributed by atoms with E-state index < -0.39 is 0 Å². The van der Waals surface area contributed by atoms with Gasteiger partial charge in [-0.25, -0.2) is 9.78 Å². The van der Waals surface area contributed by atoms with E-state index >= 15 is 0 Å². The van der Waals surface area contributed by atoms with Crippen molar-refractivity contribution in [3.63, 3.8) is 0 Å². The molecule has 1 aromatic carbocycles. The number of ether oxygens (including phenoxy) is 2. The average Bonchev–Trinajstić information content (AvgIpc) is 3.23. The fraction of sp³-hybridized carbons (Fsp3) is 0.333. The summed E-state index contributed by atoms with van der Waals surface area (Å²) in [7, 11) is 1.60. The number of cyclic esters (lactones) is 1. The van der Waals surface area contributed by atoms with Gasteiger partial charge in [0.15, 0.2) is 0 Å². The van der Waals surface area contributed by atoms with Gasteiger partial charge in [-0.05, 0) is 61.8 Å². The number of fused-ring (bicyclic) bond motifs is 2. The Labute approximate surface area is 201 Å². The number of methoxy groups -OCH3 is 1. The summed E-state index contributed by atoms with van der Waals surface area (Å²) in [5.74, 6) is 0.953.